The third-order valence-electron chi connectivity index (χ3n) is 4.88. The molecule has 2 aliphatic heterocycles. The lowest BCUT2D eigenvalue weighted by molar-refractivity contribution is -0.159. The largest absolute Gasteiger partial charge is 0.481 e. The van der Waals surface area contributed by atoms with Gasteiger partial charge in [0.15, 0.2) is 0 Å². The molecule has 1 aromatic carbocycles. The quantitative estimate of drug-likeness (QED) is 0.926. The van der Waals surface area contributed by atoms with Gasteiger partial charge in [-0.15, -0.1) is 0 Å². The van der Waals surface area contributed by atoms with Crippen molar-refractivity contribution in [3.8, 4) is 0 Å². The van der Waals surface area contributed by atoms with Crippen molar-refractivity contribution in [2.24, 2.45) is 11.3 Å². The summed E-state index contributed by atoms with van der Waals surface area (Å²) < 4.78 is 44.6. The van der Waals surface area contributed by atoms with E-state index >= 15 is 0 Å². The Morgan fingerprint density at radius 1 is 1.39 bits per heavy atom. The van der Waals surface area contributed by atoms with E-state index in [0.29, 0.717) is 19.6 Å². The van der Waals surface area contributed by atoms with Crippen molar-refractivity contribution in [1.29, 1.82) is 0 Å². The number of fused-ring (bicyclic) bond motifs is 1. The lowest BCUT2D eigenvalue weighted by atomic mass is 9.76. The van der Waals surface area contributed by atoms with Crippen LogP contribution in [0.3, 0.4) is 0 Å². The molecule has 2 fully saturated rings. The Hall–Kier alpha value is -1.60. The number of carbonyl (C=O) groups is 1. The van der Waals surface area contributed by atoms with E-state index in [9.17, 15) is 23.1 Å². The van der Waals surface area contributed by atoms with Crippen molar-refractivity contribution < 1.29 is 27.8 Å². The Bertz CT molecular complexity index is 604. The minimum atomic E-state index is -4.41. The average molecular weight is 329 g/mol. The second kappa shape index (κ2) is 5.79. The maximum atomic E-state index is 13.1. The minimum Gasteiger partial charge on any atom is -0.481 e. The molecule has 0 amide bonds. The number of carboxylic acids is 1. The van der Waals surface area contributed by atoms with Crippen LogP contribution in [0.1, 0.15) is 17.5 Å². The van der Waals surface area contributed by atoms with Gasteiger partial charge in [0, 0.05) is 26.2 Å². The normalized spacial score (nSPS) is 28.6. The molecule has 2 heterocycles. The highest BCUT2D eigenvalue weighted by Crippen LogP contribution is 2.42. The highest BCUT2D eigenvalue weighted by molar-refractivity contribution is 5.76. The molecule has 0 spiro atoms. The molecule has 3 rings (SSSR count). The third kappa shape index (κ3) is 2.95. The molecule has 0 unspecified atom stereocenters. The van der Waals surface area contributed by atoms with Gasteiger partial charge in [-0.2, -0.15) is 13.2 Å². The van der Waals surface area contributed by atoms with E-state index in [1.165, 1.54) is 12.1 Å². The molecule has 0 bridgehead atoms. The number of hydrogen-bond donors (Lipinski definition) is 1. The number of benzene rings is 1. The van der Waals surface area contributed by atoms with Crippen LogP contribution in [0.4, 0.5) is 13.2 Å². The van der Waals surface area contributed by atoms with Crippen LogP contribution in [0.15, 0.2) is 24.3 Å². The van der Waals surface area contributed by atoms with Gasteiger partial charge in [-0.05, 0) is 24.0 Å². The Morgan fingerprint density at radius 2 is 2.13 bits per heavy atom. The van der Waals surface area contributed by atoms with E-state index in [1.807, 2.05) is 0 Å². The fraction of sp³-hybridized carbons (Fsp3) is 0.562. The van der Waals surface area contributed by atoms with Gasteiger partial charge < -0.3 is 9.84 Å². The van der Waals surface area contributed by atoms with Gasteiger partial charge in [0.1, 0.15) is 5.41 Å². The van der Waals surface area contributed by atoms with E-state index in [4.69, 9.17) is 4.74 Å². The first-order valence-electron chi connectivity index (χ1n) is 7.51. The van der Waals surface area contributed by atoms with Crippen molar-refractivity contribution in [3.05, 3.63) is 35.4 Å². The summed E-state index contributed by atoms with van der Waals surface area (Å²) in [7, 11) is 0. The van der Waals surface area contributed by atoms with Crippen molar-refractivity contribution in [2.45, 2.75) is 19.1 Å². The Balaban J connectivity index is 1.82. The van der Waals surface area contributed by atoms with Crippen LogP contribution in [0.5, 0.6) is 0 Å². The summed E-state index contributed by atoms with van der Waals surface area (Å²) >= 11 is 0. The summed E-state index contributed by atoms with van der Waals surface area (Å²) in [5.41, 5.74) is -1.47. The minimum absolute atomic E-state index is 0.0770. The molecule has 2 saturated heterocycles. The number of likely N-dealkylation sites (tertiary alicyclic amines) is 1. The Morgan fingerprint density at radius 3 is 2.78 bits per heavy atom. The van der Waals surface area contributed by atoms with Gasteiger partial charge in [-0.25, -0.2) is 0 Å². The average Bonchev–Trinajstić information content (AvgIpc) is 2.86. The molecule has 1 aromatic rings. The van der Waals surface area contributed by atoms with Crippen LogP contribution in [-0.4, -0.2) is 42.3 Å². The summed E-state index contributed by atoms with van der Waals surface area (Å²) in [6.45, 7) is 1.44. The number of carboxylic acid groups (broad SMARTS) is 1. The number of alkyl halides is 3. The molecule has 0 saturated carbocycles. The molecule has 23 heavy (non-hydrogen) atoms. The molecular weight excluding hydrogens is 311 g/mol. The van der Waals surface area contributed by atoms with Crippen LogP contribution in [0, 0.1) is 11.3 Å². The summed E-state index contributed by atoms with van der Waals surface area (Å²) in [4.78, 5) is 13.5. The van der Waals surface area contributed by atoms with Gasteiger partial charge in [0.25, 0.3) is 0 Å². The summed E-state index contributed by atoms with van der Waals surface area (Å²) in [6.07, 6.45) is -3.78. The van der Waals surface area contributed by atoms with E-state index in [0.717, 1.165) is 6.07 Å². The molecule has 126 valence electrons. The van der Waals surface area contributed by atoms with Crippen molar-refractivity contribution >= 4 is 5.97 Å². The predicted molar refractivity (Wildman–Crippen MR) is 75.7 cm³/mol. The lowest BCUT2D eigenvalue weighted by Gasteiger charge is -2.34. The van der Waals surface area contributed by atoms with E-state index < -0.39 is 23.1 Å². The van der Waals surface area contributed by atoms with Gasteiger partial charge in [-0.1, -0.05) is 18.2 Å². The topological polar surface area (TPSA) is 49.8 Å². The second-order valence-corrected chi connectivity index (χ2v) is 6.32. The zero-order chi connectivity index (χ0) is 16.7. The van der Waals surface area contributed by atoms with Crippen molar-refractivity contribution in [3.63, 3.8) is 0 Å². The van der Waals surface area contributed by atoms with Gasteiger partial charge in [0.2, 0.25) is 0 Å². The molecule has 2 atom stereocenters. The molecule has 4 nitrogen and oxygen atoms in total. The first kappa shape index (κ1) is 16.3. The first-order valence-corrected chi connectivity index (χ1v) is 7.51. The van der Waals surface area contributed by atoms with Crippen LogP contribution in [0.25, 0.3) is 0 Å². The van der Waals surface area contributed by atoms with Crippen molar-refractivity contribution in [1.82, 2.24) is 4.90 Å². The molecule has 0 radical (unpaired) electrons. The van der Waals surface area contributed by atoms with Gasteiger partial charge >= 0.3 is 12.1 Å². The van der Waals surface area contributed by atoms with Crippen molar-refractivity contribution in [2.75, 3.05) is 26.3 Å². The van der Waals surface area contributed by atoms with Crippen LogP contribution in [0.2, 0.25) is 0 Å². The Kier molecular flexibility index (Phi) is 4.10. The van der Waals surface area contributed by atoms with Crippen LogP contribution >= 0.6 is 0 Å². The lowest BCUT2D eigenvalue weighted by Crippen LogP contribution is -2.46. The zero-order valence-electron chi connectivity index (χ0n) is 12.5. The number of ether oxygens (including phenoxy) is 1. The van der Waals surface area contributed by atoms with Crippen LogP contribution < -0.4 is 0 Å². The molecule has 0 aliphatic carbocycles. The molecule has 7 heteroatoms. The smallest absolute Gasteiger partial charge is 0.416 e. The fourth-order valence-electron chi connectivity index (χ4n) is 3.69. The number of nitrogens with zero attached hydrogens (tertiary/aromatic N) is 1. The van der Waals surface area contributed by atoms with Gasteiger partial charge in [0.05, 0.1) is 12.2 Å². The number of hydrogen-bond acceptors (Lipinski definition) is 3. The maximum absolute atomic E-state index is 13.1. The van der Waals surface area contributed by atoms with Gasteiger partial charge in [-0.3, -0.25) is 9.69 Å². The SMILES string of the molecule is O=C(O)[C@]12COCC[C@H]1CN(Cc1ccccc1C(F)(F)F)C2. The molecule has 1 N–H and O–H groups in total. The monoisotopic (exact) mass is 329 g/mol. The summed E-state index contributed by atoms with van der Waals surface area (Å²) in [5.74, 6) is -0.999. The third-order valence-corrected chi connectivity index (χ3v) is 4.88. The highest BCUT2D eigenvalue weighted by Gasteiger charge is 2.54. The highest BCUT2D eigenvalue weighted by atomic mass is 19.4. The zero-order valence-corrected chi connectivity index (χ0v) is 12.5. The number of rotatable bonds is 3. The number of halogens is 3. The van der Waals surface area contributed by atoms with E-state index in [-0.39, 0.29) is 31.2 Å². The maximum Gasteiger partial charge on any atom is 0.416 e. The first-order chi connectivity index (χ1) is 10.8. The Labute approximate surface area is 131 Å². The molecule has 2 aliphatic rings. The van der Waals surface area contributed by atoms with E-state index in [2.05, 4.69) is 0 Å². The summed E-state index contributed by atoms with van der Waals surface area (Å²) in [5, 5.41) is 9.58. The summed E-state index contributed by atoms with van der Waals surface area (Å²) in [6, 6.07) is 5.45. The van der Waals surface area contributed by atoms with E-state index in [1.54, 1.807) is 11.0 Å². The number of aliphatic carboxylic acids is 1. The fourth-order valence-corrected chi connectivity index (χ4v) is 3.69. The molecular formula is C16H18F3NO3. The predicted octanol–water partition coefficient (Wildman–Crippen LogP) is 2.63. The molecule has 0 aromatic heterocycles. The van der Waals surface area contributed by atoms with Crippen LogP contribution in [-0.2, 0) is 22.3 Å². The standard InChI is InChI=1S/C16H18F3NO3/c17-16(18,19)13-4-2-1-3-11(13)7-20-8-12-5-6-23-10-15(12,9-20)14(21)22/h1-4,12H,5-10H2,(H,21,22)/t12-,15+/m0/s1. The second-order valence-electron chi connectivity index (χ2n) is 6.32.